The Morgan fingerprint density at radius 3 is 2.87 bits per heavy atom. The monoisotopic (exact) mass is 198 g/mol. The first-order valence-electron chi connectivity index (χ1n) is 5.63. The van der Waals surface area contributed by atoms with Crippen molar-refractivity contribution in [2.24, 2.45) is 5.92 Å². The summed E-state index contributed by atoms with van der Waals surface area (Å²) in [7, 11) is 0. The summed E-state index contributed by atoms with van der Waals surface area (Å²) in [6, 6.07) is 8.39. The molecule has 1 aliphatic carbocycles. The molecule has 0 saturated heterocycles. The highest BCUT2D eigenvalue weighted by Gasteiger charge is 2.19. The fourth-order valence-corrected chi connectivity index (χ4v) is 2.21. The van der Waals surface area contributed by atoms with E-state index in [0.717, 1.165) is 12.3 Å². The molecule has 1 saturated carbocycles. The topological polar surface area (TPSA) is 25.8 Å². The highest BCUT2D eigenvalue weighted by atomic mass is 15.1. The van der Waals surface area contributed by atoms with Gasteiger partial charge in [-0.05, 0) is 12.3 Å². The van der Waals surface area contributed by atoms with E-state index in [1.807, 2.05) is 6.20 Å². The summed E-state index contributed by atoms with van der Waals surface area (Å²) < 4.78 is 0. The number of rotatable bonds is 2. The average Bonchev–Trinajstić information content (AvgIpc) is 2.23. The molecule has 0 atom stereocenters. The fraction of sp³-hybridized carbons (Fsp3) is 0.385. The minimum atomic E-state index is 0.852. The number of fused-ring (bicyclic) bond motifs is 1. The Morgan fingerprint density at radius 2 is 2.07 bits per heavy atom. The van der Waals surface area contributed by atoms with Crippen LogP contribution in [0.4, 0.5) is 0 Å². The van der Waals surface area contributed by atoms with Crippen molar-refractivity contribution in [3.8, 4) is 0 Å². The maximum atomic E-state index is 4.28. The third-order valence-corrected chi connectivity index (χ3v) is 3.35. The van der Waals surface area contributed by atoms with Crippen molar-refractivity contribution in [2.75, 3.05) is 0 Å². The maximum absolute atomic E-state index is 4.28. The lowest BCUT2D eigenvalue weighted by molar-refractivity contribution is 0.312. The van der Waals surface area contributed by atoms with Crippen LogP contribution in [0.1, 0.15) is 25.0 Å². The molecule has 1 heterocycles. The standard InChI is InChI=1S/C13H14N2/c1-2-7-12-11(6-1)9-14-15-13(12)8-10-4-3-5-10/h1-2,6-7,9-10H,3-5,8H2. The first-order valence-corrected chi connectivity index (χ1v) is 5.63. The van der Waals surface area contributed by atoms with Gasteiger partial charge < -0.3 is 0 Å². The van der Waals surface area contributed by atoms with Gasteiger partial charge >= 0.3 is 0 Å². The number of aromatic nitrogens is 2. The van der Waals surface area contributed by atoms with Crippen LogP contribution >= 0.6 is 0 Å². The normalized spacial score (nSPS) is 16.5. The summed E-state index contributed by atoms with van der Waals surface area (Å²) in [5.74, 6) is 0.852. The highest BCUT2D eigenvalue weighted by Crippen LogP contribution is 2.30. The summed E-state index contributed by atoms with van der Waals surface area (Å²) in [5.41, 5.74) is 1.18. The van der Waals surface area contributed by atoms with Gasteiger partial charge in [-0.1, -0.05) is 43.5 Å². The molecule has 2 heteroatoms. The van der Waals surface area contributed by atoms with Crippen LogP contribution in [-0.4, -0.2) is 10.2 Å². The molecule has 0 bridgehead atoms. The van der Waals surface area contributed by atoms with Crippen molar-refractivity contribution < 1.29 is 0 Å². The lowest BCUT2D eigenvalue weighted by Crippen LogP contribution is -2.14. The summed E-state index contributed by atoms with van der Waals surface area (Å²) in [5, 5.41) is 10.8. The molecule has 3 rings (SSSR count). The van der Waals surface area contributed by atoms with Gasteiger partial charge in [0, 0.05) is 10.8 Å². The summed E-state index contributed by atoms with van der Waals surface area (Å²) in [6.45, 7) is 0. The second kappa shape index (κ2) is 3.61. The highest BCUT2D eigenvalue weighted by molar-refractivity contribution is 5.83. The van der Waals surface area contributed by atoms with Crippen molar-refractivity contribution in [3.05, 3.63) is 36.2 Å². The Morgan fingerprint density at radius 1 is 1.20 bits per heavy atom. The van der Waals surface area contributed by atoms with Crippen molar-refractivity contribution in [1.29, 1.82) is 0 Å². The largest absolute Gasteiger partial charge is 0.158 e. The molecule has 15 heavy (non-hydrogen) atoms. The molecular weight excluding hydrogens is 184 g/mol. The Bertz CT molecular complexity index is 469. The molecular formula is C13H14N2. The molecule has 0 amide bonds. The number of nitrogens with zero attached hydrogens (tertiary/aromatic N) is 2. The molecule has 0 aliphatic heterocycles. The van der Waals surface area contributed by atoms with Crippen LogP contribution in [0.5, 0.6) is 0 Å². The van der Waals surface area contributed by atoms with Gasteiger partial charge in [0.15, 0.2) is 0 Å². The van der Waals surface area contributed by atoms with Crippen molar-refractivity contribution >= 4 is 10.8 Å². The smallest absolute Gasteiger partial charge is 0.0712 e. The molecule has 2 nitrogen and oxygen atoms in total. The lowest BCUT2D eigenvalue weighted by Gasteiger charge is -2.24. The quantitative estimate of drug-likeness (QED) is 0.741. The number of benzene rings is 1. The van der Waals surface area contributed by atoms with Gasteiger partial charge in [-0.3, -0.25) is 0 Å². The van der Waals surface area contributed by atoms with Crippen LogP contribution in [0.15, 0.2) is 30.5 Å². The summed E-state index contributed by atoms with van der Waals surface area (Å²) >= 11 is 0. The van der Waals surface area contributed by atoms with Crippen LogP contribution < -0.4 is 0 Å². The van der Waals surface area contributed by atoms with E-state index in [4.69, 9.17) is 0 Å². The minimum Gasteiger partial charge on any atom is -0.158 e. The zero-order valence-electron chi connectivity index (χ0n) is 8.69. The van der Waals surface area contributed by atoms with Gasteiger partial charge in [0.25, 0.3) is 0 Å². The minimum absolute atomic E-state index is 0.852. The molecule has 0 spiro atoms. The molecule has 1 aliphatic rings. The predicted octanol–water partition coefficient (Wildman–Crippen LogP) is 2.97. The van der Waals surface area contributed by atoms with E-state index in [9.17, 15) is 0 Å². The Kier molecular flexibility index (Phi) is 2.13. The third-order valence-electron chi connectivity index (χ3n) is 3.35. The van der Waals surface area contributed by atoms with Crippen molar-refractivity contribution in [1.82, 2.24) is 10.2 Å². The Labute approximate surface area is 89.3 Å². The zero-order chi connectivity index (χ0) is 10.1. The van der Waals surface area contributed by atoms with Gasteiger partial charge in [0.05, 0.1) is 11.9 Å². The van der Waals surface area contributed by atoms with Gasteiger partial charge in [0.1, 0.15) is 0 Å². The zero-order valence-corrected chi connectivity index (χ0v) is 8.69. The van der Waals surface area contributed by atoms with Crippen molar-refractivity contribution in [3.63, 3.8) is 0 Å². The van der Waals surface area contributed by atoms with Crippen LogP contribution in [0, 0.1) is 5.92 Å². The summed E-state index contributed by atoms with van der Waals surface area (Å²) in [4.78, 5) is 0. The van der Waals surface area contributed by atoms with Gasteiger partial charge in [-0.15, -0.1) is 0 Å². The molecule has 1 aromatic heterocycles. The third kappa shape index (κ3) is 1.60. The number of hydrogen-bond donors (Lipinski definition) is 0. The molecule has 76 valence electrons. The van der Waals surface area contributed by atoms with Crippen LogP contribution in [0.25, 0.3) is 10.8 Å². The molecule has 1 aromatic carbocycles. The predicted molar refractivity (Wildman–Crippen MR) is 60.6 cm³/mol. The Balaban J connectivity index is 2.01. The van der Waals surface area contributed by atoms with E-state index in [1.165, 1.54) is 35.7 Å². The van der Waals surface area contributed by atoms with Crippen LogP contribution in [0.3, 0.4) is 0 Å². The fourth-order valence-electron chi connectivity index (χ4n) is 2.21. The SMILES string of the molecule is c1ccc2c(CC3CCC3)nncc2c1. The molecule has 1 fully saturated rings. The first kappa shape index (κ1) is 8.84. The van der Waals surface area contributed by atoms with Crippen LogP contribution in [0.2, 0.25) is 0 Å². The Hall–Kier alpha value is -1.44. The molecule has 2 aromatic rings. The van der Waals surface area contributed by atoms with E-state index in [1.54, 1.807) is 0 Å². The van der Waals surface area contributed by atoms with Crippen LogP contribution in [-0.2, 0) is 6.42 Å². The lowest BCUT2D eigenvalue weighted by atomic mass is 9.81. The molecule has 0 radical (unpaired) electrons. The molecule has 0 unspecified atom stereocenters. The average molecular weight is 198 g/mol. The second-order valence-corrected chi connectivity index (χ2v) is 4.38. The first-order chi connectivity index (χ1) is 7.43. The second-order valence-electron chi connectivity index (χ2n) is 4.38. The van der Waals surface area contributed by atoms with Gasteiger partial charge in [-0.2, -0.15) is 10.2 Å². The van der Waals surface area contributed by atoms with E-state index in [-0.39, 0.29) is 0 Å². The van der Waals surface area contributed by atoms with E-state index >= 15 is 0 Å². The van der Waals surface area contributed by atoms with E-state index in [0.29, 0.717) is 0 Å². The van der Waals surface area contributed by atoms with E-state index in [2.05, 4.69) is 34.5 Å². The van der Waals surface area contributed by atoms with Crippen molar-refractivity contribution in [2.45, 2.75) is 25.7 Å². The number of hydrogen-bond acceptors (Lipinski definition) is 2. The van der Waals surface area contributed by atoms with E-state index < -0.39 is 0 Å². The van der Waals surface area contributed by atoms with Gasteiger partial charge in [0.2, 0.25) is 0 Å². The maximum Gasteiger partial charge on any atom is 0.0712 e. The summed E-state index contributed by atoms with van der Waals surface area (Å²) in [6.07, 6.45) is 7.08. The van der Waals surface area contributed by atoms with Gasteiger partial charge in [-0.25, -0.2) is 0 Å². The molecule has 0 N–H and O–H groups in total.